The minimum Gasteiger partial charge on any atom is -0.325 e. The number of benzene rings is 2. The monoisotopic (exact) mass is 494 g/mol. The van der Waals surface area contributed by atoms with Gasteiger partial charge in [0.15, 0.2) is 5.65 Å². The molecule has 1 aliphatic heterocycles. The molecule has 34 heavy (non-hydrogen) atoms. The SMILES string of the molecule is O=C(CSc1ncnc2c1cnn2-c1ccccc1)Nc1cccc(S(=O)(=O)N2CCCC2)c1. The molecule has 11 heteroatoms. The fourth-order valence-corrected chi connectivity index (χ4v) is 6.16. The van der Waals surface area contributed by atoms with Gasteiger partial charge in [0.25, 0.3) is 0 Å². The van der Waals surface area contributed by atoms with Gasteiger partial charge in [-0.15, -0.1) is 0 Å². The fraction of sp³-hybridized carbons (Fsp3) is 0.217. The molecule has 0 aliphatic carbocycles. The van der Waals surface area contributed by atoms with Crippen molar-refractivity contribution in [2.75, 3.05) is 24.2 Å². The van der Waals surface area contributed by atoms with Gasteiger partial charge in [0.2, 0.25) is 15.9 Å². The molecule has 0 spiro atoms. The Balaban J connectivity index is 1.28. The van der Waals surface area contributed by atoms with E-state index in [1.165, 1.54) is 28.5 Å². The van der Waals surface area contributed by atoms with E-state index in [2.05, 4.69) is 20.4 Å². The number of anilines is 1. The second-order valence-electron chi connectivity index (χ2n) is 7.78. The van der Waals surface area contributed by atoms with Crippen LogP contribution in [-0.2, 0) is 14.8 Å². The number of amides is 1. The number of hydrogen-bond acceptors (Lipinski definition) is 7. The number of carbonyl (C=O) groups excluding carboxylic acids is 1. The second-order valence-corrected chi connectivity index (χ2v) is 10.7. The van der Waals surface area contributed by atoms with Crippen molar-refractivity contribution in [3.8, 4) is 5.69 Å². The van der Waals surface area contributed by atoms with Gasteiger partial charge in [-0.2, -0.15) is 9.40 Å². The van der Waals surface area contributed by atoms with Gasteiger partial charge in [-0.05, 0) is 43.2 Å². The summed E-state index contributed by atoms with van der Waals surface area (Å²) in [5, 5.41) is 8.61. The second kappa shape index (κ2) is 9.53. The Labute approximate surface area is 201 Å². The molecule has 2 aromatic carbocycles. The van der Waals surface area contributed by atoms with Crippen LogP contribution in [0.5, 0.6) is 0 Å². The highest BCUT2D eigenvalue weighted by molar-refractivity contribution is 8.00. The van der Waals surface area contributed by atoms with Crippen LogP contribution in [0.25, 0.3) is 16.7 Å². The Morgan fingerprint density at radius 2 is 1.82 bits per heavy atom. The lowest BCUT2D eigenvalue weighted by Crippen LogP contribution is -2.28. The standard InChI is InChI=1S/C23H22N6O3S2/c30-21(27-17-7-6-10-19(13-17)34(31,32)28-11-4-5-12-28)15-33-23-20-14-26-29(22(20)24-16-25-23)18-8-2-1-3-9-18/h1-3,6-10,13-14,16H,4-5,11-12,15H2,(H,27,30). The molecule has 0 unspecified atom stereocenters. The van der Waals surface area contributed by atoms with Crippen molar-refractivity contribution >= 4 is 44.4 Å². The Hall–Kier alpha value is -3.28. The molecule has 174 valence electrons. The van der Waals surface area contributed by atoms with Crippen LogP contribution in [0.15, 0.2) is 77.0 Å². The topological polar surface area (TPSA) is 110 Å². The van der Waals surface area contributed by atoms with Crippen molar-refractivity contribution in [2.45, 2.75) is 22.8 Å². The number of nitrogens with zero attached hydrogens (tertiary/aromatic N) is 5. The smallest absolute Gasteiger partial charge is 0.243 e. The quantitative estimate of drug-likeness (QED) is 0.310. The summed E-state index contributed by atoms with van der Waals surface area (Å²) in [5.74, 6) is -0.158. The average molecular weight is 495 g/mol. The normalized spacial score (nSPS) is 14.5. The first-order chi connectivity index (χ1) is 16.5. The summed E-state index contributed by atoms with van der Waals surface area (Å²) in [7, 11) is -3.55. The van der Waals surface area contributed by atoms with E-state index in [0.29, 0.717) is 29.5 Å². The summed E-state index contributed by atoms with van der Waals surface area (Å²) in [6.07, 6.45) is 4.88. The van der Waals surface area contributed by atoms with Gasteiger partial charge in [-0.25, -0.2) is 23.1 Å². The average Bonchev–Trinajstić information content (AvgIpc) is 3.55. The van der Waals surface area contributed by atoms with Crippen molar-refractivity contribution in [1.82, 2.24) is 24.1 Å². The van der Waals surface area contributed by atoms with E-state index in [9.17, 15) is 13.2 Å². The minimum absolute atomic E-state index is 0.103. The van der Waals surface area contributed by atoms with Crippen LogP contribution in [0, 0.1) is 0 Å². The van der Waals surface area contributed by atoms with Crippen molar-refractivity contribution < 1.29 is 13.2 Å². The molecule has 1 amide bonds. The maximum atomic E-state index is 12.8. The molecule has 2 aromatic heterocycles. The third-order valence-electron chi connectivity index (χ3n) is 5.49. The Morgan fingerprint density at radius 3 is 2.62 bits per heavy atom. The van der Waals surface area contributed by atoms with Crippen LogP contribution >= 0.6 is 11.8 Å². The summed E-state index contributed by atoms with van der Waals surface area (Å²) >= 11 is 1.27. The predicted octanol–water partition coefficient (Wildman–Crippen LogP) is 3.33. The van der Waals surface area contributed by atoms with Gasteiger partial charge in [0.05, 0.1) is 27.9 Å². The van der Waals surface area contributed by atoms with Gasteiger partial charge in [-0.1, -0.05) is 36.0 Å². The molecule has 0 saturated carbocycles. The molecule has 0 radical (unpaired) electrons. The number of aromatic nitrogens is 4. The third-order valence-corrected chi connectivity index (χ3v) is 8.39. The van der Waals surface area contributed by atoms with Gasteiger partial charge < -0.3 is 5.32 Å². The first kappa shape index (κ1) is 22.5. The lowest BCUT2D eigenvalue weighted by atomic mass is 10.3. The number of carbonyl (C=O) groups is 1. The van der Waals surface area contributed by atoms with Gasteiger partial charge in [0, 0.05) is 18.8 Å². The minimum atomic E-state index is -3.55. The summed E-state index contributed by atoms with van der Waals surface area (Å²) in [5.41, 5.74) is 1.98. The molecule has 1 aliphatic rings. The molecule has 9 nitrogen and oxygen atoms in total. The summed E-state index contributed by atoms with van der Waals surface area (Å²) < 4.78 is 28.8. The van der Waals surface area contributed by atoms with E-state index in [4.69, 9.17) is 0 Å². The summed E-state index contributed by atoms with van der Waals surface area (Å²) in [4.78, 5) is 21.5. The van der Waals surface area contributed by atoms with Gasteiger partial charge in [0.1, 0.15) is 11.4 Å². The molecule has 1 saturated heterocycles. The van der Waals surface area contributed by atoms with E-state index >= 15 is 0 Å². The van der Waals surface area contributed by atoms with E-state index in [1.807, 2.05) is 30.3 Å². The molecule has 1 fully saturated rings. The molecule has 5 rings (SSSR count). The first-order valence-corrected chi connectivity index (χ1v) is 13.2. The van der Waals surface area contributed by atoms with Crippen LogP contribution < -0.4 is 5.32 Å². The van der Waals surface area contributed by atoms with Gasteiger partial charge in [-0.3, -0.25) is 4.79 Å². The van der Waals surface area contributed by atoms with Gasteiger partial charge >= 0.3 is 0 Å². The van der Waals surface area contributed by atoms with Crippen LogP contribution in [0.1, 0.15) is 12.8 Å². The summed E-state index contributed by atoms with van der Waals surface area (Å²) in [6, 6.07) is 16.0. The van der Waals surface area contributed by atoms with E-state index in [1.54, 1.807) is 29.1 Å². The van der Waals surface area contributed by atoms with Crippen molar-refractivity contribution in [3.05, 3.63) is 67.1 Å². The van der Waals surface area contributed by atoms with Crippen LogP contribution in [-0.4, -0.2) is 57.2 Å². The molecular formula is C23H22N6O3S2. The zero-order chi connectivity index (χ0) is 23.5. The highest BCUT2D eigenvalue weighted by atomic mass is 32.2. The lowest BCUT2D eigenvalue weighted by Gasteiger charge is -2.16. The fourth-order valence-electron chi connectivity index (χ4n) is 3.84. The van der Waals surface area contributed by atoms with Crippen molar-refractivity contribution in [3.63, 3.8) is 0 Å². The number of thioether (sulfide) groups is 1. The lowest BCUT2D eigenvalue weighted by molar-refractivity contribution is -0.113. The molecule has 0 bridgehead atoms. The number of rotatable bonds is 7. The third kappa shape index (κ3) is 4.54. The maximum Gasteiger partial charge on any atom is 0.243 e. The predicted molar refractivity (Wildman–Crippen MR) is 130 cm³/mol. The van der Waals surface area contributed by atoms with Crippen LogP contribution in [0.4, 0.5) is 5.69 Å². The summed E-state index contributed by atoms with van der Waals surface area (Å²) in [6.45, 7) is 1.06. The highest BCUT2D eigenvalue weighted by Crippen LogP contribution is 2.27. The van der Waals surface area contributed by atoms with E-state index < -0.39 is 10.0 Å². The number of nitrogens with one attached hydrogen (secondary N) is 1. The Bertz CT molecular complexity index is 1430. The largest absolute Gasteiger partial charge is 0.325 e. The first-order valence-electron chi connectivity index (χ1n) is 10.8. The number of hydrogen-bond donors (Lipinski definition) is 1. The molecule has 4 aromatic rings. The van der Waals surface area contributed by atoms with Crippen molar-refractivity contribution in [2.24, 2.45) is 0 Å². The molecule has 0 atom stereocenters. The number of sulfonamides is 1. The zero-order valence-corrected chi connectivity index (χ0v) is 19.8. The van der Waals surface area contributed by atoms with E-state index in [0.717, 1.165) is 23.9 Å². The zero-order valence-electron chi connectivity index (χ0n) is 18.2. The van der Waals surface area contributed by atoms with E-state index in [-0.39, 0.29) is 16.6 Å². The van der Waals surface area contributed by atoms with Crippen LogP contribution in [0.2, 0.25) is 0 Å². The van der Waals surface area contributed by atoms with Crippen molar-refractivity contribution in [1.29, 1.82) is 0 Å². The maximum absolute atomic E-state index is 12.8. The Morgan fingerprint density at radius 1 is 1.03 bits per heavy atom. The number of fused-ring (bicyclic) bond motifs is 1. The molecule has 1 N–H and O–H groups in total. The highest BCUT2D eigenvalue weighted by Gasteiger charge is 2.27. The molecule has 3 heterocycles. The number of para-hydroxylation sites is 1. The van der Waals surface area contributed by atoms with Crippen LogP contribution in [0.3, 0.4) is 0 Å². The Kier molecular flexibility index (Phi) is 6.31. The molecular weight excluding hydrogens is 472 g/mol.